The van der Waals surface area contributed by atoms with Gasteiger partial charge in [-0.3, -0.25) is 0 Å². The van der Waals surface area contributed by atoms with Gasteiger partial charge in [0.05, 0.1) is 14.2 Å². The van der Waals surface area contributed by atoms with Crippen LogP contribution in [0.3, 0.4) is 0 Å². The van der Waals surface area contributed by atoms with Crippen molar-refractivity contribution in [3.05, 3.63) is 22.7 Å². The molecular formula is C17H26ClNO2. The molecule has 0 aromatic heterocycles. The molecule has 21 heavy (non-hydrogen) atoms. The maximum Gasteiger partial charge on any atom is 0.146 e. The van der Waals surface area contributed by atoms with Crippen LogP contribution >= 0.6 is 11.6 Å². The quantitative estimate of drug-likeness (QED) is 0.875. The molecule has 1 aromatic rings. The number of methoxy groups -OCH3 is 2. The van der Waals surface area contributed by atoms with Gasteiger partial charge in [-0.2, -0.15) is 0 Å². The summed E-state index contributed by atoms with van der Waals surface area (Å²) >= 11 is 6.35. The Morgan fingerprint density at radius 3 is 2.24 bits per heavy atom. The molecule has 0 heterocycles. The third kappa shape index (κ3) is 3.83. The minimum Gasteiger partial charge on any atom is -0.495 e. The Bertz CT molecular complexity index is 456. The lowest BCUT2D eigenvalue weighted by Crippen LogP contribution is -2.23. The summed E-state index contributed by atoms with van der Waals surface area (Å²) in [5.74, 6) is 1.79. The minimum absolute atomic E-state index is 0.0264. The number of ether oxygens (including phenoxy) is 2. The third-order valence-electron chi connectivity index (χ3n) is 4.53. The van der Waals surface area contributed by atoms with Crippen molar-refractivity contribution >= 4 is 11.6 Å². The molecule has 0 amide bonds. The minimum atomic E-state index is -0.0264. The standard InChI is InChI=1S/C17H26ClNO2/c1-20-14-11-10-13(17(21-2)15(14)18)16(19)12-8-6-4-3-5-7-9-12/h10-12,16H,3-9,19H2,1-2H3. The van der Waals surface area contributed by atoms with Gasteiger partial charge in [0.2, 0.25) is 0 Å². The van der Waals surface area contributed by atoms with Crippen LogP contribution < -0.4 is 15.2 Å². The molecule has 0 saturated heterocycles. The fourth-order valence-electron chi connectivity index (χ4n) is 3.28. The molecule has 0 aliphatic heterocycles. The number of nitrogens with two attached hydrogens (primary N) is 1. The summed E-state index contributed by atoms with van der Waals surface area (Å²) in [7, 11) is 3.24. The van der Waals surface area contributed by atoms with Gasteiger partial charge in [0.15, 0.2) is 0 Å². The third-order valence-corrected chi connectivity index (χ3v) is 4.89. The van der Waals surface area contributed by atoms with Gasteiger partial charge in [-0.15, -0.1) is 0 Å². The molecule has 0 spiro atoms. The second-order valence-electron chi connectivity index (χ2n) is 5.84. The van der Waals surface area contributed by atoms with Gasteiger partial charge in [0, 0.05) is 11.6 Å². The first kappa shape index (κ1) is 16.4. The maximum absolute atomic E-state index is 6.55. The van der Waals surface area contributed by atoms with Crippen molar-refractivity contribution < 1.29 is 9.47 Å². The van der Waals surface area contributed by atoms with Gasteiger partial charge in [-0.25, -0.2) is 0 Å². The van der Waals surface area contributed by atoms with Gasteiger partial charge in [0.25, 0.3) is 0 Å². The summed E-state index contributed by atoms with van der Waals surface area (Å²) in [6.45, 7) is 0. The predicted octanol–water partition coefficient (Wildman–Crippen LogP) is 4.72. The van der Waals surface area contributed by atoms with Crippen LogP contribution in [-0.4, -0.2) is 14.2 Å². The number of rotatable bonds is 4. The van der Waals surface area contributed by atoms with Crippen molar-refractivity contribution in [1.82, 2.24) is 0 Å². The van der Waals surface area contributed by atoms with Crippen molar-refractivity contribution in [2.75, 3.05) is 14.2 Å². The summed E-state index contributed by atoms with van der Waals surface area (Å²) in [6.07, 6.45) is 8.92. The molecule has 1 unspecified atom stereocenters. The zero-order chi connectivity index (χ0) is 15.2. The molecule has 3 nitrogen and oxygen atoms in total. The molecule has 1 aliphatic rings. The number of benzene rings is 1. The molecule has 1 atom stereocenters. The van der Waals surface area contributed by atoms with E-state index in [0.29, 0.717) is 22.4 Å². The monoisotopic (exact) mass is 311 g/mol. The number of halogens is 1. The lowest BCUT2D eigenvalue weighted by atomic mass is 9.83. The highest BCUT2D eigenvalue weighted by molar-refractivity contribution is 6.33. The summed E-state index contributed by atoms with van der Waals surface area (Å²) in [5.41, 5.74) is 7.54. The Balaban J connectivity index is 2.24. The zero-order valence-corrected chi connectivity index (χ0v) is 13.8. The Morgan fingerprint density at radius 1 is 1.05 bits per heavy atom. The predicted molar refractivity (Wildman–Crippen MR) is 87.3 cm³/mol. The van der Waals surface area contributed by atoms with Gasteiger partial charge >= 0.3 is 0 Å². The van der Waals surface area contributed by atoms with E-state index in [0.717, 1.165) is 5.56 Å². The first-order chi connectivity index (χ1) is 10.2. The first-order valence-corrected chi connectivity index (χ1v) is 8.22. The molecule has 2 N–H and O–H groups in total. The van der Waals surface area contributed by atoms with E-state index >= 15 is 0 Å². The van der Waals surface area contributed by atoms with Gasteiger partial charge in [-0.05, 0) is 30.9 Å². The van der Waals surface area contributed by atoms with Crippen molar-refractivity contribution in [2.24, 2.45) is 11.7 Å². The van der Waals surface area contributed by atoms with Crippen molar-refractivity contribution in [3.8, 4) is 11.5 Å². The van der Waals surface area contributed by atoms with Crippen molar-refractivity contribution in [2.45, 2.75) is 51.0 Å². The van der Waals surface area contributed by atoms with Crippen molar-refractivity contribution in [1.29, 1.82) is 0 Å². The SMILES string of the molecule is COc1ccc(C(N)C2CCCCCCC2)c(OC)c1Cl. The largest absolute Gasteiger partial charge is 0.495 e. The molecule has 2 rings (SSSR count). The summed E-state index contributed by atoms with van der Waals surface area (Å²) in [6, 6.07) is 3.84. The van der Waals surface area contributed by atoms with Crippen LogP contribution in [0.2, 0.25) is 5.02 Å². The highest BCUT2D eigenvalue weighted by atomic mass is 35.5. The zero-order valence-electron chi connectivity index (χ0n) is 13.0. The second kappa shape index (κ2) is 7.90. The molecule has 0 radical (unpaired) electrons. The Kier molecular flexibility index (Phi) is 6.19. The van der Waals surface area contributed by atoms with Crippen LogP contribution in [0, 0.1) is 5.92 Å². The maximum atomic E-state index is 6.55. The summed E-state index contributed by atoms with van der Waals surface area (Å²) in [4.78, 5) is 0. The second-order valence-corrected chi connectivity index (χ2v) is 6.21. The first-order valence-electron chi connectivity index (χ1n) is 7.85. The van der Waals surface area contributed by atoms with E-state index in [1.165, 1.54) is 44.9 Å². The van der Waals surface area contributed by atoms with Crippen LogP contribution in [-0.2, 0) is 0 Å². The smallest absolute Gasteiger partial charge is 0.146 e. The van der Waals surface area contributed by atoms with Crippen LogP contribution in [0.25, 0.3) is 0 Å². The molecule has 118 valence electrons. The van der Waals surface area contributed by atoms with Crippen LogP contribution in [0.5, 0.6) is 11.5 Å². The normalized spacial score (nSPS) is 18.7. The molecule has 0 bridgehead atoms. The molecular weight excluding hydrogens is 286 g/mol. The summed E-state index contributed by atoms with van der Waals surface area (Å²) < 4.78 is 10.7. The topological polar surface area (TPSA) is 44.5 Å². The van der Waals surface area contributed by atoms with E-state index in [4.69, 9.17) is 26.8 Å². The summed E-state index contributed by atoms with van der Waals surface area (Å²) in [5, 5.41) is 0.513. The van der Waals surface area contributed by atoms with Crippen LogP contribution in [0.1, 0.15) is 56.6 Å². The highest BCUT2D eigenvalue weighted by Crippen LogP contribution is 2.42. The molecule has 4 heteroatoms. The fourth-order valence-corrected chi connectivity index (χ4v) is 3.61. The number of hydrogen-bond acceptors (Lipinski definition) is 3. The molecule has 1 aromatic carbocycles. The van der Waals surface area contributed by atoms with E-state index < -0.39 is 0 Å². The van der Waals surface area contributed by atoms with Gasteiger partial charge < -0.3 is 15.2 Å². The molecule has 1 saturated carbocycles. The Labute approximate surface area is 132 Å². The van der Waals surface area contributed by atoms with E-state index in [9.17, 15) is 0 Å². The van der Waals surface area contributed by atoms with Gasteiger partial charge in [-0.1, -0.05) is 43.7 Å². The molecule has 1 aliphatic carbocycles. The Hall–Kier alpha value is -0.930. The Morgan fingerprint density at radius 2 is 1.67 bits per heavy atom. The lowest BCUT2D eigenvalue weighted by Gasteiger charge is -2.27. The van der Waals surface area contributed by atoms with E-state index in [1.807, 2.05) is 12.1 Å². The fraction of sp³-hybridized carbons (Fsp3) is 0.647. The number of hydrogen-bond donors (Lipinski definition) is 1. The average molecular weight is 312 g/mol. The van der Waals surface area contributed by atoms with Crippen LogP contribution in [0.4, 0.5) is 0 Å². The van der Waals surface area contributed by atoms with E-state index in [2.05, 4.69) is 0 Å². The highest BCUT2D eigenvalue weighted by Gasteiger charge is 2.25. The molecule has 1 fully saturated rings. The van der Waals surface area contributed by atoms with Gasteiger partial charge in [0.1, 0.15) is 16.5 Å². The average Bonchev–Trinajstić information content (AvgIpc) is 2.46. The van der Waals surface area contributed by atoms with E-state index in [-0.39, 0.29) is 6.04 Å². The van der Waals surface area contributed by atoms with Crippen molar-refractivity contribution in [3.63, 3.8) is 0 Å². The van der Waals surface area contributed by atoms with E-state index in [1.54, 1.807) is 14.2 Å². The van der Waals surface area contributed by atoms with Crippen LogP contribution in [0.15, 0.2) is 12.1 Å². The lowest BCUT2D eigenvalue weighted by molar-refractivity contribution is 0.317.